The second-order valence-electron chi connectivity index (χ2n) is 4.73. The summed E-state index contributed by atoms with van der Waals surface area (Å²) in [5, 5.41) is 4.09. The molecule has 0 bridgehead atoms. The zero-order valence-corrected chi connectivity index (χ0v) is 14.2. The molecule has 112 valence electrons. The average Bonchev–Trinajstić information content (AvgIpc) is 2.47. The van der Waals surface area contributed by atoms with Crippen molar-refractivity contribution in [2.24, 2.45) is 0 Å². The van der Waals surface area contributed by atoms with Crippen LogP contribution >= 0.6 is 27.5 Å². The van der Waals surface area contributed by atoms with Gasteiger partial charge in [0.1, 0.15) is 12.4 Å². The summed E-state index contributed by atoms with van der Waals surface area (Å²) < 4.78 is 6.85. The summed E-state index contributed by atoms with van der Waals surface area (Å²) in [4.78, 5) is 4.13. The lowest BCUT2D eigenvalue weighted by Gasteiger charge is -2.12. The van der Waals surface area contributed by atoms with Gasteiger partial charge in [-0.2, -0.15) is 0 Å². The van der Waals surface area contributed by atoms with Gasteiger partial charge in [0.05, 0.1) is 0 Å². The summed E-state index contributed by atoms with van der Waals surface area (Å²) >= 11 is 9.48. The molecule has 0 saturated carbocycles. The van der Waals surface area contributed by atoms with Gasteiger partial charge in [-0.1, -0.05) is 18.5 Å². The number of nitrogens with zero attached hydrogens (tertiary/aromatic N) is 1. The molecule has 3 nitrogen and oxygen atoms in total. The third kappa shape index (κ3) is 5.30. The molecule has 5 heteroatoms. The lowest BCUT2D eigenvalue weighted by Crippen LogP contribution is -2.14. The number of halogens is 2. The number of hydrogen-bond acceptors (Lipinski definition) is 3. The lowest BCUT2D eigenvalue weighted by molar-refractivity contribution is 0.301. The van der Waals surface area contributed by atoms with Gasteiger partial charge in [-0.25, -0.2) is 0 Å². The number of rotatable bonds is 7. The summed E-state index contributed by atoms with van der Waals surface area (Å²) in [5.74, 6) is 0.850. The fourth-order valence-electron chi connectivity index (χ4n) is 1.92. The zero-order chi connectivity index (χ0) is 15.1. The molecule has 2 rings (SSSR count). The Bertz CT molecular complexity index is 592. The van der Waals surface area contributed by atoms with E-state index in [0.717, 1.165) is 45.9 Å². The first-order chi connectivity index (χ1) is 10.2. The normalized spacial score (nSPS) is 10.6. The van der Waals surface area contributed by atoms with Gasteiger partial charge in [0.15, 0.2) is 0 Å². The Labute approximate surface area is 138 Å². The topological polar surface area (TPSA) is 34.1 Å². The van der Waals surface area contributed by atoms with Crippen molar-refractivity contribution in [2.45, 2.75) is 26.5 Å². The predicted octanol–water partition coefficient (Wildman–Crippen LogP) is 4.58. The predicted molar refractivity (Wildman–Crippen MR) is 89.7 cm³/mol. The van der Waals surface area contributed by atoms with Crippen LogP contribution < -0.4 is 10.1 Å². The number of aromatic nitrogens is 1. The molecule has 0 aliphatic heterocycles. The Morgan fingerprint density at radius 2 is 2.14 bits per heavy atom. The number of nitrogens with one attached hydrogen (secondary N) is 1. The Hall–Kier alpha value is -1.10. The Balaban J connectivity index is 2.04. The van der Waals surface area contributed by atoms with Gasteiger partial charge >= 0.3 is 0 Å². The maximum atomic E-state index is 6.07. The standard InChI is InChI=1S/C16H18BrClN2O/c1-2-5-19-9-13-7-15(18)3-4-16(13)21-11-12-6-14(17)10-20-8-12/h3-4,6-8,10,19H,2,5,9,11H2,1H3. The first-order valence-corrected chi connectivity index (χ1v) is 8.07. The van der Waals surface area contributed by atoms with Crippen LogP contribution in [0.2, 0.25) is 5.02 Å². The van der Waals surface area contributed by atoms with Gasteiger partial charge in [0, 0.05) is 39.6 Å². The highest BCUT2D eigenvalue weighted by Crippen LogP contribution is 2.24. The van der Waals surface area contributed by atoms with E-state index in [1.165, 1.54) is 0 Å². The van der Waals surface area contributed by atoms with Gasteiger partial charge < -0.3 is 10.1 Å². The second-order valence-corrected chi connectivity index (χ2v) is 6.08. The molecule has 0 aliphatic rings. The third-order valence-corrected chi connectivity index (χ3v) is 3.59. The molecule has 1 N–H and O–H groups in total. The van der Waals surface area contributed by atoms with E-state index in [-0.39, 0.29) is 0 Å². The summed E-state index contributed by atoms with van der Waals surface area (Å²) in [6, 6.07) is 7.70. The summed E-state index contributed by atoms with van der Waals surface area (Å²) in [7, 11) is 0. The molecule has 1 aromatic carbocycles. The Kier molecular flexibility index (Phi) is 6.49. The molecule has 0 aliphatic carbocycles. The van der Waals surface area contributed by atoms with Crippen LogP contribution in [-0.2, 0) is 13.2 Å². The van der Waals surface area contributed by atoms with Crippen molar-refractivity contribution < 1.29 is 4.74 Å². The largest absolute Gasteiger partial charge is 0.489 e. The van der Waals surface area contributed by atoms with E-state index >= 15 is 0 Å². The molecule has 0 atom stereocenters. The first-order valence-electron chi connectivity index (χ1n) is 6.90. The first kappa shape index (κ1) is 16.3. The number of benzene rings is 1. The minimum atomic E-state index is 0.481. The molecule has 2 aromatic rings. The smallest absolute Gasteiger partial charge is 0.124 e. The van der Waals surface area contributed by atoms with Crippen molar-refractivity contribution >= 4 is 27.5 Å². The van der Waals surface area contributed by atoms with Gasteiger partial charge in [0.2, 0.25) is 0 Å². The molecule has 1 aromatic heterocycles. The Morgan fingerprint density at radius 1 is 1.29 bits per heavy atom. The fraction of sp³-hybridized carbons (Fsp3) is 0.312. The average molecular weight is 370 g/mol. The molecule has 0 radical (unpaired) electrons. The molecule has 0 saturated heterocycles. The van der Waals surface area contributed by atoms with Crippen molar-refractivity contribution in [3.8, 4) is 5.75 Å². The maximum absolute atomic E-state index is 6.07. The fourth-order valence-corrected chi connectivity index (χ4v) is 2.53. The van der Waals surface area contributed by atoms with Crippen LogP contribution in [0.1, 0.15) is 24.5 Å². The van der Waals surface area contributed by atoms with Crippen LogP contribution in [0.3, 0.4) is 0 Å². The van der Waals surface area contributed by atoms with E-state index in [1.54, 1.807) is 12.4 Å². The molecule has 0 fully saturated rings. The van der Waals surface area contributed by atoms with Crippen molar-refractivity contribution in [1.82, 2.24) is 10.3 Å². The van der Waals surface area contributed by atoms with Crippen LogP contribution in [0.15, 0.2) is 41.1 Å². The van der Waals surface area contributed by atoms with Crippen LogP contribution in [0.4, 0.5) is 0 Å². The van der Waals surface area contributed by atoms with Crippen molar-refractivity contribution in [1.29, 1.82) is 0 Å². The van der Waals surface area contributed by atoms with Crippen LogP contribution in [0.25, 0.3) is 0 Å². The number of hydrogen-bond donors (Lipinski definition) is 1. The van der Waals surface area contributed by atoms with Crippen molar-refractivity contribution in [3.63, 3.8) is 0 Å². The van der Waals surface area contributed by atoms with Crippen LogP contribution in [-0.4, -0.2) is 11.5 Å². The second kappa shape index (κ2) is 8.37. The molecule has 0 unspecified atom stereocenters. The molecule has 0 amide bonds. The summed E-state index contributed by atoms with van der Waals surface area (Å²) in [6.45, 7) is 4.35. The monoisotopic (exact) mass is 368 g/mol. The number of pyridine rings is 1. The van der Waals surface area contributed by atoms with Crippen molar-refractivity contribution in [3.05, 3.63) is 57.3 Å². The molecular weight excluding hydrogens is 352 g/mol. The molecule has 0 spiro atoms. The highest BCUT2D eigenvalue weighted by Gasteiger charge is 2.05. The SMILES string of the molecule is CCCNCc1cc(Cl)ccc1OCc1cncc(Br)c1. The number of ether oxygens (including phenoxy) is 1. The molecule has 1 heterocycles. The minimum absolute atomic E-state index is 0.481. The Morgan fingerprint density at radius 3 is 2.90 bits per heavy atom. The summed E-state index contributed by atoms with van der Waals surface area (Å²) in [5.41, 5.74) is 2.09. The van der Waals surface area contributed by atoms with Crippen molar-refractivity contribution in [2.75, 3.05) is 6.54 Å². The van der Waals surface area contributed by atoms with E-state index in [2.05, 4.69) is 33.2 Å². The summed E-state index contributed by atoms with van der Waals surface area (Å²) in [6.07, 6.45) is 4.65. The highest BCUT2D eigenvalue weighted by molar-refractivity contribution is 9.10. The molecule has 21 heavy (non-hydrogen) atoms. The van der Waals surface area contributed by atoms with E-state index in [4.69, 9.17) is 16.3 Å². The van der Waals surface area contributed by atoms with Gasteiger partial charge in [-0.05, 0) is 53.2 Å². The van der Waals surface area contributed by atoms with Gasteiger partial charge in [0.25, 0.3) is 0 Å². The van der Waals surface area contributed by atoms with Crippen LogP contribution in [0.5, 0.6) is 5.75 Å². The lowest BCUT2D eigenvalue weighted by atomic mass is 10.2. The van der Waals surface area contributed by atoms with Gasteiger partial charge in [-0.15, -0.1) is 0 Å². The van der Waals surface area contributed by atoms with E-state index < -0.39 is 0 Å². The minimum Gasteiger partial charge on any atom is -0.489 e. The maximum Gasteiger partial charge on any atom is 0.124 e. The molecular formula is C16H18BrClN2O. The van der Waals surface area contributed by atoms with E-state index in [1.807, 2.05) is 24.3 Å². The van der Waals surface area contributed by atoms with E-state index in [0.29, 0.717) is 6.61 Å². The quantitative estimate of drug-likeness (QED) is 0.726. The van der Waals surface area contributed by atoms with Gasteiger partial charge in [-0.3, -0.25) is 4.98 Å². The van der Waals surface area contributed by atoms with E-state index in [9.17, 15) is 0 Å². The zero-order valence-electron chi connectivity index (χ0n) is 11.9. The highest BCUT2D eigenvalue weighted by atomic mass is 79.9. The van der Waals surface area contributed by atoms with Crippen LogP contribution in [0, 0.1) is 0 Å². The third-order valence-electron chi connectivity index (χ3n) is 2.92.